The molecule has 0 radical (unpaired) electrons. The Labute approximate surface area is 383 Å². The smallest absolute Gasteiger partial charge is 1.00 e. The SMILES string of the molecule is CCS(=O)(=O)c1ccccc1N.CNS(=O)(=O)c1ccccc1Nc1nc(Cl)ncc1Cl.Clc1ncc(Cl)c(Cl)n1.O=CO[O-].[H-].[K+].[K+]. The van der Waals surface area contributed by atoms with Gasteiger partial charge in [-0.1, -0.05) is 66.0 Å². The quantitative estimate of drug-likeness (QED) is 0.0367. The second-order valence-corrected chi connectivity index (χ2v) is 13.5. The van der Waals surface area contributed by atoms with E-state index in [9.17, 15) is 16.8 Å². The molecule has 0 spiro atoms. The molecule has 2 aromatic heterocycles. The average molecular weight is 842 g/mol. The minimum atomic E-state index is -3.60. The molecular weight excluding hydrogens is 818 g/mol. The maximum atomic E-state index is 11.9. The zero-order valence-electron chi connectivity index (χ0n) is 26.0. The third kappa shape index (κ3) is 17.8. The van der Waals surface area contributed by atoms with E-state index in [1.807, 2.05) is 0 Å². The Hall–Kier alpha value is 0.213. The van der Waals surface area contributed by atoms with Crippen LogP contribution in [0.3, 0.4) is 0 Å². The number of nitrogen functional groups attached to an aromatic ring is 1. The zero-order valence-corrected chi connectivity index (χ0v) is 36.6. The number of carbonyl (C=O) groups is 1. The topological polar surface area (TPSA) is 219 Å². The van der Waals surface area contributed by atoms with Crippen LogP contribution < -0.4 is 124 Å². The molecule has 0 fully saturated rings. The molecule has 0 aliphatic rings. The van der Waals surface area contributed by atoms with Crippen molar-refractivity contribution < 1.29 is 136 Å². The molecule has 0 saturated heterocycles. The number of anilines is 3. The van der Waals surface area contributed by atoms with Gasteiger partial charge >= 0.3 is 103 Å². The molecule has 0 saturated carbocycles. The van der Waals surface area contributed by atoms with Crippen LogP contribution in [0, 0.1) is 0 Å². The summed E-state index contributed by atoms with van der Waals surface area (Å²) in [6.45, 7) is 1.42. The first-order chi connectivity index (χ1) is 21.1. The largest absolute Gasteiger partial charge is 1.00 e. The number of benzene rings is 2. The monoisotopic (exact) mass is 839 g/mol. The van der Waals surface area contributed by atoms with Crippen molar-refractivity contribution in [3.63, 3.8) is 0 Å². The first kappa shape index (κ1) is 49.3. The van der Waals surface area contributed by atoms with Crippen LogP contribution in [0.25, 0.3) is 0 Å². The summed E-state index contributed by atoms with van der Waals surface area (Å²) in [5.74, 6) is 0.312. The summed E-state index contributed by atoms with van der Waals surface area (Å²) >= 11 is 27.9. The molecule has 4 N–H and O–H groups in total. The fourth-order valence-corrected chi connectivity index (χ4v) is 5.30. The summed E-state index contributed by atoms with van der Waals surface area (Å²) in [7, 11) is -5.42. The van der Waals surface area contributed by atoms with E-state index in [1.165, 1.54) is 31.6 Å². The third-order valence-electron chi connectivity index (χ3n) is 4.76. The van der Waals surface area contributed by atoms with Crippen molar-refractivity contribution in [3.05, 3.63) is 86.7 Å². The van der Waals surface area contributed by atoms with E-state index in [2.05, 4.69) is 34.9 Å². The molecule has 0 aliphatic heterocycles. The van der Waals surface area contributed by atoms with Gasteiger partial charge in [-0.15, -0.1) is 0 Å². The average Bonchev–Trinajstić information content (AvgIpc) is 3.02. The number of nitrogens with zero attached hydrogens (tertiary/aromatic N) is 4. The van der Waals surface area contributed by atoms with Gasteiger partial charge in [-0.3, -0.25) is 4.79 Å². The van der Waals surface area contributed by atoms with Gasteiger partial charge in [0.05, 0.1) is 39.4 Å². The van der Waals surface area contributed by atoms with Gasteiger partial charge in [-0.2, -0.15) is 4.98 Å². The van der Waals surface area contributed by atoms with Crippen LogP contribution in [0.15, 0.2) is 70.7 Å². The fraction of sp³-hybridized carbons (Fsp3) is 0.125. The first-order valence-electron chi connectivity index (χ1n) is 11.7. The van der Waals surface area contributed by atoms with E-state index in [0.717, 1.165) is 0 Å². The summed E-state index contributed by atoms with van der Waals surface area (Å²) in [6, 6.07) is 12.8. The van der Waals surface area contributed by atoms with Crippen LogP contribution in [-0.2, 0) is 29.5 Å². The molecule has 0 amide bonds. The van der Waals surface area contributed by atoms with Crippen molar-refractivity contribution in [2.24, 2.45) is 0 Å². The standard InChI is InChI=1S/C11H10Cl2N4O2S.C8H11NO2S.C4HCl3N2.CH2O3.2K.H/c1-14-20(18,19)9-5-3-2-4-8(9)16-10-7(12)6-15-11(13)17-10;1-2-12(10,11)8-6-4-3-5-7(8)9;5-2-1-8-4(7)9-3(2)6;2-1-4-3;;;/h2-6,14H,1H3,(H,15,16,17);3-6H,2,9H2,1H3;1H;1,3H;;;/q;;;;2*+1;-1/p-1. The van der Waals surface area contributed by atoms with Crippen LogP contribution >= 0.6 is 58.0 Å². The van der Waals surface area contributed by atoms with E-state index in [1.54, 1.807) is 43.3 Å². The summed E-state index contributed by atoms with van der Waals surface area (Å²) in [4.78, 5) is 26.3. The molecule has 2 heterocycles. The summed E-state index contributed by atoms with van der Waals surface area (Å²) < 4.78 is 48.8. The number of nitrogens with two attached hydrogens (primary N) is 1. The number of hydrogen-bond donors (Lipinski definition) is 3. The fourth-order valence-electron chi connectivity index (χ4n) is 2.72. The minimum Gasteiger partial charge on any atom is -1.00 e. The van der Waals surface area contributed by atoms with Crippen molar-refractivity contribution in [2.75, 3.05) is 23.9 Å². The third-order valence-corrected chi connectivity index (χ3v) is 9.34. The molecule has 47 heavy (non-hydrogen) atoms. The van der Waals surface area contributed by atoms with Crippen molar-refractivity contribution >= 4 is 102 Å². The summed E-state index contributed by atoms with van der Waals surface area (Å²) in [5, 5.41) is 12.1. The molecule has 0 bridgehead atoms. The Kier molecular flexibility index (Phi) is 26.5. The second kappa shape index (κ2) is 25.2. The van der Waals surface area contributed by atoms with Gasteiger partial charge in [0.2, 0.25) is 20.6 Å². The van der Waals surface area contributed by atoms with Gasteiger partial charge in [-0.25, -0.2) is 36.5 Å². The van der Waals surface area contributed by atoms with Crippen molar-refractivity contribution in [2.45, 2.75) is 16.7 Å². The number of hydrogen-bond acceptors (Lipinski definition) is 13. The predicted molar refractivity (Wildman–Crippen MR) is 172 cm³/mol. The Morgan fingerprint density at radius 2 is 1.36 bits per heavy atom. The second-order valence-electron chi connectivity index (χ2n) is 7.58. The van der Waals surface area contributed by atoms with Gasteiger partial charge in [0.1, 0.15) is 9.92 Å². The normalized spacial score (nSPS) is 10.0. The van der Waals surface area contributed by atoms with Crippen LogP contribution in [0.4, 0.5) is 17.2 Å². The van der Waals surface area contributed by atoms with Crippen LogP contribution in [-0.4, -0.2) is 56.0 Å². The molecule has 2 aromatic carbocycles. The van der Waals surface area contributed by atoms with Gasteiger partial charge < -0.3 is 22.6 Å². The van der Waals surface area contributed by atoms with Gasteiger partial charge in [-0.05, 0) is 54.5 Å². The molecule has 14 nitrogen and oxygen atoms in total. The number of sulfonamides is 1. The number of nitrogens with one attached hydrogen (secondary N) is 2. The predicted octanol–water partition coefficient (Wildman–Crippen LogP) is -1.51. The number of para-hydroxylation sites is 2. The number of rotatable bonds is 7. The summed E-state index contributed by atoms with van der Waals surface area (Å²) in [5.41, 5.74) is 6.15. The van der Waals surface area contributed by atoms with Crippen LogP contribution in [0.2, 0.25) is 25.8 Å². The molecule has 0 atom stereocenters. The maximum Gasteiger partial charge on any atom is 1.00 e. The zero-order chi connectivity index (χ0) is 34.2. The molecular formula is C24H24Cl5K2N7O7S2. The van der Waals surface area contributed by atoms with Gasteiger partial charge in [0.15, 0.2) is 20.8 Å². The molecule has 246 valence electrons. The maximum absolute atomic E-state index is 11.9. The Bertz CT molecular complexity index is 1810. The Balaban J connectivity index is -0.000000622. The van der Waals surface area contributed by atoms with E-state index in [4.69, 9.17) is 73.8 Å². The van der Waals surface area contributed by atoms with E-state index in [-0.39, 0.29) is 153 Å². The summed E-state index contributed by atoms with van der Waals surface area (Å²) in [6.07, 6.45) is 2.67. The van der Waals surface area contributed by atoms with Crippen molar-refractivity contribution in [1.29, 1.82) is 0 Å². The molecule has 23 heteroatoms. The van der Waals surface area contributed by atoms with Gasteiger partial charge in [0.25, 0.3) is 6.47 Å². The first-order valence-corrected chi connectivity index (χ1v) is 16.8. The van der Waals surface area contributed by atoms with Gasteiger partial charge in [0, 0.05) is 0 Å². The number of sulfone groups is 1. The van der Waals surface area contributed by atoms with Crippen LogP contribution in [0.1, 0.15) is 8.35 Å². The Morgan fingerprint density at radius 3 is 1.83 bits per heavy atom. The number of halogens is 5. The van der Waals surface area contributed by atoms with E-state index in [0.29, 0.717) is 16.4 Å². The minimum absolute atomic E-state index is 0. The van der Waals surface area contributed by atoms with Crippen molar-refractivity contribution in [1.82, 2.24) is 24.7 Å². The number of carbonyl (C=O) groups excluding carboxylic acids is 1. The van der Waals surface area contributed by atoms with E-state index < -0.39 is 19.9 Å². The molecule has 0 unspecified atom stereocenters. The van der Waals surface area contributed by atoms with Crippen LogP contribution in [0.5, 0.6) is 0 Å². The van der Waals surface area contributed by atoms with E-state index >= 15 is 0 Å². The Morgan fingerprint density at radius 1 is 0.872 bits per heavy atom. The molecule has 0 aliphatic carbocycles. The number of aromatic nitrogens is 4. The molecule has 4 aromatic rings. The van der Waals surface area contributed by atoms with Crippen molar-refractivity contribution in [3.8, 4) is 0 Å². The molecule has 4 rings (SSSR count).